The van der Waals surface area contributed by atoms with Gasteiger partial charge in [0.1, 0.15) is 5.82 Å². The maximum Gasteiger partial charge on any atom is 0.137 e. The molecular formula is C56H39N3. The van der Waals surface area contributed by atoms with Gasteiger partial charge >= 0.3 is 0 Å². The molecule has 1 aliphatic carbocycles. The number of nitrogens with zero attached hydrogens (tertiary/aromatic N) is 3. The summed E-state index contributed by atoms with van der Waals surface area (Å²) in [5.41, 5.74) is 18.3. The second-order valence-electron chi connectivity index (χ2n) is 16.4. The van der Waals surface area contributed by atoms with Crippen LogP contribution in [0.2, 0.25) is 0 Å². The zero-order valence-corrected chi connectivity index (χ0v) is 32.9. The Morgan fingerprint density at radius 3 is 1.56 bits per heavy atom. The van der Waals surface area contributed by atoms with Crippen LogP contribution in [0.3, 0.4) is 0 Å². The molecule has 0 atom stereocenters. The Morgan fingerprint density at radius 2 is 0.864 bits per heavy atom. The van der Waals surface area contributed by atoms with E-state index in [9.17, 15) is 0 Å². The van der Waals surface area contributed by atoms with Gasteiger partial charge in [0.05, 0.1) is 22.1 Å². The summed E-state index contributed by atoms with van der Waals surface area (Å²) >= 11 is 0. The topological polar surface area (TPSA) is 22.8 Å². The van der Waals surface area contributed by atoms with Crippen LogP contribution in [0.4, 0.5) is 0 Å². The number of rotatable bonds is 5. The van der Waals surface area contributed by atoms with Crippen LogP contribution < -0.4 is 0 Å². The van der Waals surface area contributed by atoms with E-state index in [2.05, 4.69) is 217 Å². The summed E-state index contributed by atoms with van der Waals surface area (Å²) in [4.78, 5) is 5.15. The summed E-state index contributed by atoms with van der Waals surface area (Å²) in [5.74, 6) is 0.906. The molecule has 12 rings (SSSR count). The largest absolute Gasteiger partial charge is 0.309 e. The molecular weight excluding hydrogens is 715 g/mol. The summed E-state index contributed by atoms with van der Waals surface area (Å²) in [6, 6.07) is 70.8. The Balaban J connectivity index is 0.916. The number of pyridine rings is 1. The highest BCUT2D eigenvalue weighted by Gasteiger charge is 2.36. The van der Waals surface area contributed by atoms with Crippen LogP contribution in [0.15, 0.2) is 200 Å². The van der Waals surface area contributed by atoms with E-state index in [1.807, 2.05) is 6.20 Å². The first-order chi connectivity index (χ1) is 29.0. The molecule has 0 N–H and O–H groups in total. The average molecular weight is 754 g/mol. The maximum absolute atomic E-state index is 5.15. The van der Waals surface area contributed by atoms with Gasteiger partial charge in [-0.3, -0.25) is 4.57 Å². The molecule has 3 heterocycles. The molecule has 3 heteroatoms. The fourth-order valence-corrected chi connectivity index (χ4v) is 9.82. The first-order valence-electron chi connectivity index (χ1n) is 20.5. The number of aromatic nitrogens is 3. The standard InChI is InChI=1S/C56H39N3/c1-56(2)49-32-38(36-13-5-3-6-14-36)21-26-43(49)44-27-22-39(33-50(44)56)41-25-30-55(57-35-41)59-52-20-12-10-18-46(52)48-31-37(24-29-53(48)59)40-23-28-47-45-17-9-11-19-51(45)58(54(47)34-40)42-15-7-4-8-16-42/h3-35H,1-2H3. The summed E-state index contributed by atoms with van der Waals surface area (Å²) in [6.07, 6.45) is 2.04. The second-order valence-corrected chi connectivity index (χ2v) is 16.4. The lowest BCUT2D eigenvalue weighted by atomic mass is 9.81. The van der Waals surface area contributed by atoms with Gasteiger partial charge in [-0.15, -0.1) is 0 Å². The lowest BCUT2D eigenvalue weighted by Gasteiger charge is -2.22. The third-order valence-electron chi connectivity index (χ3n) is 12.8. The number of para-hydroxylation sites is 3. The molecule has 11 aromatic rings. The first-order valence-corrected chi connectivity index (χ1v) is 20.5. The van der Waals surface area contributed by atoms with Crippen molar-refractivity contribution in [2.45, 2.75) is 19.3 Å². The van der Waals surface area contributed by atoms with Crippen molar-refractivity contribution in [1.29, 1.82) is 0 Å². The van der Waals surface area contributed by atoms with Crippen LogP contribution in [0.1, 0.15) is 25.0 Å². The molecule has 8 aromatic carbocycles. The molecule has 0 fully saturated rings. The van der Waals surface area contributed by atoms with Crippen molar-refractivity contribution >= 4 is 43.6 Å². The van der Waals surface area contributed by atoms with Crippen molar-refractivity contribution < 1.29 is 0 Å². The van der Waals surface area contributed by atoms with Gasteiger partial charge < -0.3 is 4.57 Å². The second kappa shape index (κ2) is 12.8. The smallest absolute Gasteiger partial charge is 0.137 e. The summed E-state index contributed by atoms with van der Waals surface area (Å²) in [7, 11) is 0. The molecule has 0 radical (unpaired) electrons. The van der Waals surface area contributed by atoms with Crippen LogP contribution in [0, 0.1) is 0 Å². The van der Waals surface area contributed by atoms with Gasteiger partial charge in [0.15, 0.2) is 0 Å². The van der Waals surface area contributed by atoms with Gasteiger partial charge in [0.2, 0.25) is 0 Å². The van der Waals surface area contributed by atoms with Crippen LogP contribution in [0.25, 0.3) is 99.6 Å². The fraction of sp³-hybridized carbons (Fsp3) is 0.0536. The third kappa shape index (κ3) is 5.11. The lowest BCUT2D eigenvalue weighted by Crippen LogP contribution is -2.15. The van der Waals surface area contributed by atoms with Crippen molar-refractivity contribution in [2.24, 2.45) is 0 Å². The Bertz CT molecular complexity index is 3440. The van der Waals surface area contributed by atoms with Crippen molar-refractivity contribution in [2.75, 3.05) is 0 Å². The molecule has 59 heavy (non-hydrogen) atoms. The molecule has 0 spiro atoms. The Hall–Kier alpha value is -7.49. The molecule has 0 amide bonds. The van der Waals surface area contributed by atoms with Gasteiger partial charge in [-0.2, -0.15) is 0 Å². The molecule has 278 valence electrons. The Morgan fingerprint density at radius 1 is 0.356 bits per heavy atom. The van der Waals surface area contributed by atoms with Crippen LogP contribution in [-0.2, 0) is 5.41 Å². The van der Waals surface area contributed by atoms with E-state index >= 15 is 0 Å². The normalized spacial score (nSPS) is 13.1. The molecule has 0 bridgehead atoms. The van der Waals surface area contributed by atoms with Crippen LogP contribution in [-0.4, -0.2) is 14.1 Å². The quantitative estimate of drug-likeness (QED) is 0.172. The van der Waals surface area contributed by atoms with E-state index in [0.29, 0.717) is 0 Å². The van der Waals surface area contributed by atoms with Gasteiger partial charge in [-0.25, -0.2) is 4.98 Å². The predicted octanol–water partition coefficient (Wildman–Crippen LogP) is 14.6. The predicted molar refractivity (Wildman–Crippen MR) is 247 cm³/mol. The molecule has 0 unspecified atom stereocenters. The highest BCUT2D eigenvalue weighted by atomic mass is 15.1. The summed E-state index contributed by atoms with van der Waals surface area (Å²) in [5, 5.41) is 4.94. The van der Waals surface area contributed by atoms with E-state index in [0.717, 1.165) is 28.1 Å². The van der Waals surface area contributed by atoms with Gasteiger partial charge in [0, 0.05) is 44.4 Å². The van der Waals surface area contributed by atoms with Crippen molar-refractivity contribution in [3.63, 3.8) is 0 Å². The minimum absolute atomic E-state index is 0.118. The summed E-state index contributed by atoms with van der Waals surface area (Å²) in [6.45, 7) is 4.71. The van der Waals surface area contributed by atoms with Crippen LogP contribution >= 0.6 is 0 Å². The number of hydrogen-bond donors (Lipinski definition) is 0. The highest BCUT2D eigenvalue weighted by molar-refractivity contribution is 6.12. The van der Waals surface area contributed by atoms with Crippen LogP contribution in [0.5, 0.6) is 0 Å². The monoisotopic (exact) mass is 753 g/mol. The van der Waals surface area contributed by atoms with Crippen molar-refractivity contribution in [3.8, 4) is 56.0 Å². The number of hydrogen-bond acceptors (Lipinski definition) is 1. The van der Waals surface area contributed by atoms with Gasteiger partial charge in [-0.1, -0.05) is 141 Å². The molecule has 0 saturated carbocycles. The van der Waals surface area contributed by atoms with E-state index in [1.165, 1.54) is 82.6 Å². The zero-order valence-electron chi connectivity index (χ0n) is 32.9. The van der Waals surface area contributed by atoms with Crippen molar-refractivity contribution in [3.05, 3.63) is 211 Å². The lowest BCUT2D eigenvalue weighted by molar-refractivity contribution is 0.661. The molecule has 0 aliphatic heterocycles. The molecule has 3 aromatic heterocycles. The van der Waals surface area contributed by atoms with E-state index in [1.54, 1.807) is 0 Å². The van der Waals surface area contributed by atoms with E-state index < -0.39 is 0 Å². The first kappa shape index (κ1) is 33.6. The average Bonchev–Trinajstić information content (AvgIpc) is 3.89. The number of benzene rings is 8. The van der Waals surface area contributed by atoms with E-state index in [4.69, 9.17) is 4.98 Å². The van der Waals surface area contributed by atoms with Crippen molar-refractivity contribution in [1.82, 2.24) is 14.1 Å². The Kier molecular flexibility index (Phi) is 7.27. The summed E-state index contributed by atoms with van der Waals surface area (Å²) < 4.78 is 4.69. The molecule has 3 nitrogen and oxygen atoms in total. The Labute approximate surface area is 343 Å². The fourth-order valence-electron chi connectivity index (χ4n) is 9.82. The maximum atomic E-state index is 5.15. The minimum Gasteiger partial charge on any atom is -0.309 e. The third-order valence-corrected chi connectivity index (χ3v) is 12.8. The highest BCUT2D eigenvalue weighted by Crippen LogP contribution is 2.50. The van der Waals surface area contributed by atoms with E-state index in [-0.39, 0.29) is 5.41 Å². The van der Waals surface area contributed by atoms with Gasteiger partial charge in [0.25, 0.3) is 0 Å². The van der Waals surface area contributed by atoms with Gasteiger partial charge in [-0.05, 0) is 117 Å². The number of fused-ring (bicyclic) bond motifs is 9. The SMILES string of the molecule is CC1(C)c2cc(-c3ccccc3)ccc2-c2ccc(-c3ccc(-n4c5ccccc5c5cc(-c6ccc7c8ccccc8n(-c8ccccc8)c7c6)ccc54)nc3)cc21. The zero-order chi connectivity index (χ0) is 39.2. The molecule has 0 saturated heterocycles. The molecule has 1 aliphatic rings. The minimum atomic E-state index is -0.118.